The third-order valence-electron chi connectivity index (χ3n) is 3.27. The molecule has 0 radical (unpaired) electrons. The third-order valence-corrected chi connectivity index (χ3v) is 4.50. The van der Waals surface area contributed by atoms with Gasteiger partial charge in [-0.1, -0.05) is 11.8 Å². The van der Waals surface area contributed by atoms with Gasteiger partial charge >= 0.3 is 0 Å². The van der Waals surface area contributed by atoms with E-state index in [1.165, 1.54) is 35.9 Å². The van der Waals surface area contributed by atoms with Crippen LogP contribution < -0.4 is 0 Å². The lowest BCUT2D eigenvalue weighted by Crippen LogP contribution is -2.00. The Morgan fingerprint density at radius 2 is 1.88 bits per heavy atom. The molecule has 0 unspecified atom stereocenters. The van der Waals surface area contributed by atoms with Crippen molar-refractivity contribution in [3.05, 3.63) is 11.3 Å². The zero-order valence-corrected chi connectivity index (χ0v) is 11.7. The van der Waals surface area contributed by atoms with E-state index in [1.807, 2.05) is 6.26 Å². The largest absolute Gasteiger partial charge is 0.343 e. The molecular weight excluding hydrogens is 250 g/mol. The lowest BCUT2D eigenvalue weighted by molar-refractivity contribution is 0.679. The summed E-state index contributed by atoms with van der Waals surface area (Å²) in [4.78, 5) is 12.7. The van der Waals surface area contributed by atoms with Crippen molar-refractivity contribution in [3.8, 4) is 0 Å². The molecule has 0 saturated heterocycles. The highest BCUT2D eigenvalue weighted by molar-refractivity contribution is 7.99. The zero-order valence-electron chi connectivity index (χ0n) is 10.0. The van der Waals surface area contributed by atoms with Crippen molar-refractivity contribution in [2.24, 2.45) is 0 Å². The van der Waals surface area contributed by atoms with Crippen LogP contribution in [0, 0.1) is 0 Å². The Morgan fingerprint density at radius 1 is 1.06 bits per heavy atom. The van der Waals surface area contributed by atoms with E-state index in [9.17, 15) is 0 Å². The minimum atomic E-state index is 0.862. The highest BCUT2D eigenvalue weighted by Gasteiger charge is 2.19. The summed E-state index contributed by atoms with van der Waals surface area (Å²) < 4.78 is 0. The minimum Gasteiger partial charge on any atom is -0.343 e. The smallest absolute Gasteiger partial charge is 0.190 e. The minimum absolute atomic E-state index is 0.862. The standard InChI is InChI=1S/C12H15N3S2/c1-16-11-9-7-5-3-4-6-8(7)13-10(9)14-12(15-11)17-2/h3-6H2,1-2H3,(H,13,14,15). The normalized spacial score (nSPS) is 15.2. The van der Waals surface area contributed by atoms with E-state index >= 15 is 0 Å². The Balaban J connectivity index is 2.29. The van der Waals surface area contributed by atoms with Crippen LogP contribution in [0.2, 0.25) is 0 Å². The summed E-state index contributed by atoms with van der Waals surface area (Å²) in [7, 11) is 0. The van der Waals surface area contributed by atoms with Crippen LogP contribution in [0.5, 0.6) is 0 Å². The molecule has 3 nitrogen and oxygen atoms in total. The van der Waals surface area contributed by atoms with Gasteiger partial charge in [-0.3, -0.25) is 0 Å². The molecule has 2 heterocycles. The van der Waals surface area contributed by atoms with Crippen molar-refractivity contribution in [2.75, 3.05) is 12.5 Å². The molecule has 2 aromatic heterocycles. The van der Waals surface area contributed by atoms with Crippen LogP contribution in [-0.4, -0.2) is 27.5 Å². The maximum Gasteiger partial charge on any atom is 0.190 e. The van der Waals surface area contributed by atoms with Crippen LogP contribution in [0.15, 0.2) is 10.2 Å². The second-order valence-corrected chi connectivity index (χ2v) is 5.80. The van der Waals surface area contributed by atoms with Crippen molar-refractivity contribution in [1.82, 2.24) is 15.0 Å². The van der Waals surface area contributed by atoms with Gasteiger partial charge < -0.3 is 4.98 Å². The van der Waals surface area contributed by atoms with Gasteiger partial charge in [0, 0.05) is 5.69 Å². The van der Waals surface area contributed by atoms with E-state index in [0.29, 0.717) is 0 Å². The molecule has 1 aliphatic rings. The van der Waals surface area contributed by atoms with Crippen LogP contribution in [0.4, 0.5) is 0 Å². The Morgan fingerprint density at radius 3 is 2.65 bits per heavy atom. The second kappa shape index (κ2) is 4.53. The highest BCUT2D eigenvalue weighted by Crippen LogP contribution is 2.34. The first-order chi connectivity index (χ1) is 8.33. The van der Waals surface area contributed by atoms with Crippen LogP contribution >= 0.6 is 23.5 Å². The monoisotopic (exact) mass is 265 g/mol. The average molecular weight is 265 g/mol. The fourth-order valence-corrected chi connectivity index (χ4v) is 3.51. The molecule has 0 fully saturated rings. The molecule has 3 rings (SSSR count). The molecular formula is C12H15N3S2. The first-order valence-corrected chi connectivity index (χ1v) is 8.28. The molecule has 90 valence electrons. The van der Waals surface area contributed by atoms with Gasteiger partial charge in [-0.25, -0.2) is 9.97 Å². The van der Waals surface area contributed by atoms with Gasteiger partial charge in [-0.2, -0.15) is 0 Å². The molecule has 0 atom stereocenters. The number of fused-ring (bicyclic) bond motifs is 3. The number of hydrogen-bond acceptors (Lipinski definition) is 4. The maximum atomic E-state index is 4.61. The Hall–Kier alpha value is -0.680. The maximum absolute atomic E-state index is 4.61. The lowest BCUT2D eigenvalue weighted by Gasteiger charge is -2.11. The van der Waals surface area contributed by atoms with Gasteiger partial charge in [0.2, 0.25) is 0 Å². The molecule has 17 heavy (non-hydrogen) atoms. The summed E-state index contributed by atoms with van der Waals surface area (Å²) >= 11 is 3.32. The number of aromatic nitrogens is 3. The van der Waals surface area contributed by atoms with E-state index in [0.717, 1.165) is 22.3 Å². The van der Waals surface area contributed by atoms with E-state index in [-0.39, 0.29) is 0 Å². The number of nitrogens with one attached hydrogen (secondary N) is 1. The van der Waals surface area contributed by atoms with Crippen molar-refractivity contribution >= 4 is 34.6 Å². The predicted octanol–water partition coefficient (Wildman–Crippen LogP) is 3.28. The van der Waals surface area contributed by atoms with Gasteiger partial charge in [-0.15, -0.1) is 11.8 Å². The molecule has 0 amide bonds. The Kier molecular flexibility index (Phi) is 3.04. The molecule has 0 aromatic carbocycles. The first kappa shape index (κ1) is 11.4. The lowest BCUT2D eigenvalue weighted by atomic mass is 9.96. The van der Waals surface area contributed by atoms with E-state index in [2.05, 4.69) is 21.2 Å². The molecule has 2 aromatic rings. The average Bonchev–Trinajstić information content (AvgIpc) is 2.75. The highest BCUT2D eigenvalue weighted by atomic mass is 32.2. The van der Waals surface area contributed by atoms with Crippen molar-refractivity contribution < 1.29 is 0 Å². The summed E-state index contributed by atoms with van der Waals surface area (Å²) in [5.41, 5.74) is 3.87. The topological polar surface area (TPSA) is 41.6 Å². The molecule has 0 aliphatic heterocycles. The number of thioether (sulfide) groups is 2. The number of nitrogens with zero attached hydrogens (tertiary/aromatic N) is 2. The van der Waals surface area contributed by atoms with Crippen molar-refractivity contribution in [2.45, 2.75) is 35.9 Å². The molecule has 0 saturated carbocycles. The van der Waals surface area contributed by atoms with Crippen molar-refractivity contribution in [3.63, 3.8) is 0 Å². The Bertz CT molecular complexity index is 562. The van der Waals surface area contributed by atoms with E-state index < -0.39 is 0 Å². The zero-order chi connectivity index (χ0) is 11.8. The number of hydrogen-bond donors (Lipinski definition) is 1. The van der Waals surface area contributed by atoms with Crippen LogP contribution in [0.25, 0.3) is 11.0 Å². The number of rotatable bonds is 2. The first-order valence-electron chi connectivity index (χ1n) is 5.83. The summed E-state index contributed by atoms with van der Waals surface area (Å²) in [5, 5.41) is 3.25. The van der Waals surface area contributed by atoms with Gasteiger partial charge in [0.15, 0.2) is 5.16 Å². The molecule has 1 aliphatic carbocycles. The van der Waals surface area contributed by atoms with E-state index in [1.54, 1.807) is 23.5 Å². The van der Waals surface area contributed by atoms with Crippen LogP contribution in [0.1, 0.15) is 24.1 Å². The van der Waals surface area contributed by atoms with Gasteiger partial charge in [-0.05, 0) is 43.8 Å². The molecule has 0 spiro atoms. The predicted molar refractivity (Wildman–Crippen MR) is 74.1 cm³/mol. The molecule has 5 heteroatoms. The van der Waals surface area contributed by atoms with Crippen LogP contribution in [-0.2, 0) is 12.8 Å². The number of aromatic amines is 1. The fraction of sp³-hybridized carbons (Fsp3) is 0.500. The Labute approximate surface area is 109 Å². The summed E-state index contributed by atoms with van der Waals surface area (Å²) in [5.74, 6) is 0. The van der Waals surface area contributed by atoms with Crippen LogP contribution in [0.3, 0.4) is 0 Å². The van der Waals surface area contributed by atoms with Gasteiger partial charge in [0.1, 0.15) is 10.7 Å². The molecule has 1 N–H and O–H groups in total. The molecule has 0 bridgehead atoms. The number of aryl methyl sites for hydroxylation is 2. The summed E-state index contributed by atoms with van der Waals surface area (Å²) in [6, 6.07) is 0. The van der Waals surface area contributed by atoms with Crippen molar-refractivity contribution in [1.29, 1.82) is 0 Å². The summed E-state index contributed by atoms with van der Waals surface area (Å²) in [6.07, 6.45) is 9.02. The van der Waals surface area contributed by atoms with E-state index in [4.69, 9.17) is 0 Å². The quantitative estimate of drug-likeness (QED) is 0.514. The number of H-pyrrole nitrogens is 1. The van der Waals surface area contributed by atoms with Gasteiger partial charge in [0.25, 0.3) is 0 Å². The third kappa shape index (κ3) is 1.85. The van der Waals surface area contributed by atoms with Gasteiger partial charge in [0.05, 0.1) is 5.39 Å². The SMILES string of the molecule is CSc1nc(SC)c2c3c([nH]c2n1)CCCC3. The summed E-state index contributed by atoms with van der Waals surface area (Å²) in [6.45, 7) is 0. The second-order valence-electron chi connectivity index (χ2n) is 4.23. The fourth-order valence-electron chi connectivity index (χ4n) is 2.48.